The molecule has 0 aromatic heterocycles. The maximum absolute atomic E-state index is 12.0. The predicted molar refractivity (Wildman–Crippen MR) is 83.9 cm³/mol. The summed E-state index contributed by atoms with van der Waals surface area (Å²) < 4.78 is 5.37. The number of anilines is 2. The van der Waals surface area contributed by atoms with Crippen LogP contribution in [-0.4, -0.2) is 56.1 Å². The van der Waals surface area contributed by atoms with Gasteiger partial charge >= 0.3 is 0 Å². The fourth-order valence-corrected chi connectivity index (χ4v) is 2.85. The van der Waals surface area contributed by atoms with Gasteiger partial charge in [-0.2, -0.15) is 0 Å². The molecular weight excluding hydrogens is 282 g/mol. The van der Waals surface area contributed by atoms with Crippen LogP contribution in [0.4, 0.5) is 11.4 Å². The maximum Gasteiger partial charge on any atom is 0.253 e. The van der Waals surface area contributed by atoms with E-state index in [9.17, 15) is 9.59 Å². The molecule has 0 saturated carbocycles. The molecule has 2 aliphatic rings. The fourth-order valence-electron chi connectivity index (χ4n) is 2.85. The van der Waals surface area contributed by atoms with Crippen LogP contribution >= 0.6 is 0 Å². The van der Waals surface area contributed by atoms with Crippen molar-refractivity contribution in [1.82, 2.24) is 4.90 Å². The Hall–Kier alpha value is -2.08. The largest absolute Gasteiger partial charge is 0.368 e. The average molecular weight is 303 g/mol. The van der Waals surface area contributed by atoms with Crippen LogP contribution in [0.3, 0.4) is 0 Å². The molecule has 1 aromatic carbocycles. The molecule has 0 aliphatic carbocycles. The van der Waals surface area contributed by atoms with E-state index in [1.54, 1.807) is 4.90 Å². The molecule has 2 aliphatic heterocycles. The van der Waals surface area contributed by atoms with Gasteiger partial charge < -0.3 is 19.9 Å². The number of hydrogen-bond donors (Lipinski definition) is 1. The molecule has 6 heteroatoms. The third-order valence-electron chi connectivity index (χ3n) is 4.19. The van der Waals surface area contributed by atoms with E-state index in [0.717, 1.165) is 56.8 Å². The van der Waals surface area contributed by atoms with Crippen LogP contribution in [0, 0.1) is 0 Å². The molecule has 2 saturated heterocycles. The number of nitrogens with zero attached hydrogens (tertiary/aromatic N) is 2. The third kappa shape index (κ3) is 3.39. The average Bonchev–Trinajstić information content (AvgIpc) is 3.10. The molecule has 3 rings (SSSR count). The normalized spacial score (nSPS) is 21.7. The predicted octanol–water partition coefficient (Wildman–Crippen LogP) is 1.08. The molecule has 2 heterocycles. The second-order valence-electron chi connectivity index (χ2n) is 5.67. The topological polar surface area (TPSA) is 61.9 Å². The van der Waals surface area contributed by atoms with Crippen molar-refractivity contribution in [2.75, 3.05) is 43.0 Å². The molecule has 1 atom stereocenters. The number of rotatable bonds is 4. The lowest BCUT2D eigenvalue weighted by Crippen LogP contribution is -2.45. The van der Waals surface area contributed by atoms with Crippen molar-refractivity contribution in [3.8, 4) is 0 Å². The molecule has 1 aromatic rings. The lowest BCUT2D eigenvalue weighted by atomic mass is 10.2. The van der Waals surface area contributed by atoms with E-state index in [0.29, 0.717) is 6.61 Å². The maximum atomic E-state index is 12.0. The molecular formula is C16H21N3O3. The zero-order valence-corrected chi connectivity index (χ0v) is 12.5. The van der Waals surface area contributed by atoms with Crippen LogP contribution in [0.5, 0.6) is 0 Å². The van der Waals surface area contributed by atoms with Gasteiger partial charge in [0.2, 0.25) is 6.41 Å². The van der Waals surface area contributed by atoms with E-state index in [4.69, 9.17) is 4.74 Å². The summed E-state index contributed by atoms with van der Waals surface area (Å²) in [6, 6.07) is 7.83. The van der Waals surface area contributed by atoms with Crippen molar-refractivity contribution in [2.24, 2.45) is 0 Å². The van der Waals surface area contributed by atoms with Crippen molar-refractivity contribution < 1.29 is 14.3 Å². The SMILES string of the molecule is O=CN1CCN(c2ccc(NC(=O)C3CCCO3)cc2)CC1. The molecule has 0 spiro atoms. The number of carbonyl (C=O) groups excluding carboxylic acids is 2. The summed E-state index contributed by atoms with van der Waals surface area (Å²) >= 11 is 0. The number of carbonyl (C=O) groups is 2. The van der Waals surface area contributed by atoms with E-state index < -0.39 is 0 Å². The number of hydrogen-bond acceptors (Lipinski definition) is 4. The Labute approximate surface area is 130 Å². The first-order valence-corrected chi connectivity index (χ1v) is 7.73. The van der Waals surface area contributed by atoms with Crippen molar-refractivity contribution >= 4 is 23.7 Å². The van der Waals surface area contributed by atoms with Gasteiger partial charge in [-0.25, -0.2) is 0 Å². The summed E-state index contributed by atoms with van der Waals surface area (Å²) in [6.45, 7) is 3.84. The molecule has 6 nitrogen and oxygen atoms in total. The van der Waals surface area contributed by atoms with Crippen LogP contribution in [-0.2, 0) is 14.3 Å². The lowest BCUT2D eigenvalue weighted by molar-refractivity contribution is -0.124. The van der Waals surface area contributed by atoms with Crippen molar-refractivity contribution in [3.05, 3.63) is 24.3 Å². The van der Waals surface area contributed by atoms with Crippen molar-refractivity contribution in [1.29, 1.82) is 0 Å². The monoisotopic (exact) mass is 303 g/mol. The Bertz CT molecular complexity index is 518. The summed E-state index contributed by atoms with van der Waals surface area (Å²) in [7, 11) is 0. The van der Waals surface area contributed by atoms with Gasteiger partial charge in [0.05, 0.1) is 0 Å². The van der Waals surface area contributed by atoms with Crippen molar-refractivity contribution in [2.45, 2.75) is 18.9 Å². The van der Waals surface area contributed by atoms with Crippen LogP contribution in [0.15, 0.2) is 24.3 Å². The van der Waals surface area contributed by atoms with Gasteiger partial charge in [-0.15, -0.1) is 0 Å². The summed E-state index contributed by atoms with van der Waals surface area (Å²) in [5, 5.41) is 2.89. The Morgan fingerprint density at radius 1 is 1.18 bits per heavy atom. The number of piperazine rings is 1. The Kier molecular flexibility index (Phi) is 4.58. The van der Waals surface area contributed by atoms with Crippen LogP contribution in [0.2, 0.25) is 0 Å². The fraction of sp³-hybridized carbons (Fsp3) is 0.500. The van der Waals surface area contributed by atoms with E-state index in [2.05, 4.69) is 10.2 Å². The molecule has 0 radical (unpaired) electrons. The van der Waals surface area contributed by atoms with Crippen LogP contribution in [0.25, 0.3) is 0 Å². The molecule has 22 heavy (non-hydrogen) atoms. The van der Waals surface area contributed by atoms with E-state index in [1.165, 1.54) is 0 Å². The standard InChI is InChI=1S/C16H21N3O3/c20-12-18-7-9-19(10-8-18)14-5-3-13(4-6-14)17-16(21)15-2-1-11-22-15/h3-6,12,15H,1-2,7-11H2,(H,17,21). The molecule has 118 valence electrons. The second-order valence-corrected chi connectivity index (χ2v) is 5.67. The third-order valence-corrected chi connectivity index (χ3v) is 4.19. The first-order valence-electron chi connectivity index (χ1n) is 7.73. The van der Waals surface area contributed by atoms with Gasteiger partial charge in [0.1, 0.15) is 6.10 Å². The number of ether oxygens (including phenoxy) is 1. The van der Waals surface area contributed by atoms with Gasteiger partial charge in [-0.05, 0) is 37.1 Å². The van der Waals surface area contributed by atoms with Crippen molar-refractivity contribution in [3.63, 3.8) is 0 Å². The van der Waals surface area contributed by atoms with Gasteiger partial charge in [0.15, 0.2) is 0 Å². The molecule has 1 N–H and O–H groups in total. The number of amides is 2. The number of nitrogens with one attached hydrogen (secondary N) is 1. The Balaban J connectivity index is 1.56. The summed E-state index contributed by atoms with van der Waals surface area (Å²) in [5.74, 6) is -0.0650. The molecule has 1 unspecified atom stereocenters. The van der Waals surface area contributed by atoms with Crippen LogP contribution in [0.1, 0.15) is 12.8 Å². The summed E-state index contributed by atoms with van der Waals surface area (Å²) in [6.07, 6.45) is 2.34. The number of benzene rings is 1. The van der Waals surface area contributed by atoms with Gasteiger partial charge in [0, 0.05) is 44.2 Å². The van der Waals surface area contributed by atoms with E-state index in [-0.39, 0.29) is 12.0 Å². The second kappa shape index (κ2) is 6.79. The molecule has 2 fully saturated rings. The quantitative estimate of drug-likeness (QED) is 0.846. The minimum Gasteiger partial charge on any atom is -0.368 e. The highest BCUT2D eigenvalue weighted by Gasteiger charge is 2.23. The summed E-state index contributed by atoms with van der Waals surface area (Å²) in [4.78, 5) is 26.7. The zero-order valence-electron chi connectivity index (χ0n) is 12.5. The first kappa shape index (κ1) is 14.8. The highest BCUT2D eigenvalue weighted by atomic mass is 16.5. The first-order chi connectivity index (χ1) is 10.8. The highest BCUT2D eigenvalue weighted by molar-refractivity contribution is 5.94. The highest BCUT2D eigenvalue weighted by Crippen LogP contribution is 2.20. The van der Waals surface area contributed by atoms with Gasteiger partial charge in [0.25, 0.3) is 5.91 Å². The lowest BCUT2D eigenvalue weighted by Gasteiger charge is -2.34. The molecule has 2 amide bonds. The smallest absolute Gasteiger partial charge is 0.253 e. The van der Waals surface area contributed by atoms with Gasteiger partial charge in [-0.1, -0.05) is 0 Å². The van der Waals surface area contributed by atoms with Crippen LogP contribution < -0.4 is 10.2 Å². The van der Waals surface area contributed by atoms with E-state index >= 15 is 0 Å². The Morgan fingerprint density at radius 2 is 1.91 bits per heavy atom. The Morgan fingerprint density at radius 3 is 2.50 bits per heavy atom. The summed E-state index contributed by atoms with van der Waals surface area (Å²) in [5.41, 5.74) is 1.90. The molecule has 0 bridgehead atoms. The van der Waals surface area contributed by atoms with E-state index in [1.807, 2.05) is 24.3 Å². The minimum atomic E-state index is -0.309. The minimum absolute atomic E-state index is 0.0650. The van der Waals surface area contributed by atoms with Gasteiger partial charge in [-0.3, -0.25) is 9.59 Å². The zero-order chi connectivity index (χ0) is 15.4.